The quantitative estimate of drug-likeness (QED) is 0.745. The largest absolute Gasteiger partial charge is 0.381 e. The highest BCUT2D eigenvalue weighted by Crippen LogP contribution is 2.21. The van der Waals surface area contributed by atoms with Gasteiger partial charge in [-0.25, -0.2) is 12.8 Å². The minimum absolute atomic E-state index is 0.165. The van der Waals surface area contributed by atoms with Crippen molar-refractivity contribution in [3.63, 3.8) is 0 Å². The van der Waals surface area contributed by atoms with Crippen LogP contribution in [-0.2, 0) is 14.8 Å². The van der Waals surface area contributed by atoms with E-state index in [1.54, 1.807) is 30.0 Å². The summed E-state index contributed by atoms with van der Waals surface area (Å²) in [7, 11) is -3.97. The van der Waals surface area contributed by atoms with E-state index in [0.717, 1.165) is 12.5 Å². The molecule has 6 nitrogen and oxygen atoms in total. The van der Waals surface area contributed by atoms with E-state index in [0.29, 0.717) is 43.3 Å². The van der Waals surface area contributed by atoms with Crippen molar-refractivity contribution in [1.82, 2.24) is 4.90 Å². The number of sulfonamides is 1. The lowest BCUT2D eigenvalue weighted by Gasteiger charge is -2.24. The normalized spacial score (nSPS) is 16.6. The Balaban J connectivity index is 1.77. The molecule has 0 saturated carbocycles. The number of amides is 1. The zero-order valence-corrected chi connectivity index (χ0v) is 17.3. The molecule has 3 rings (SSSR count). The molecule has 1 atom stereocenters. The summed E-state index contributed by atoms with van der Waals surface area (Å²) in [5.74, 6) is -0.440. The SMILES string of the molecule is CCN(CC1CCOC1)C(=O)c1cccc(NS(=O)(=O)c2ccc(C)c(F)c2)c1. The van der Waals surface area contributed by atoms with Gasteiger partial charge in [-0.15, -0.1) is 0 Å². The molecule has 156 valence electrons. The standard InChI is InChI=1S/C21H25FN2O4S/c1-3-24(13-16-9-10-28-14-16)21(25)17-5-4-6-18(11-17)23-29(26,27)19-8-7-15(2)20(22)12-19/h4-8,11-12,16,23H,3,9-10,13-14H2,1-2H3. The van der Waals surface area contributed by atoms with Gasteiger partial charge in [0.15, 0.2) is 0 Å². The number of ether oxygens (including phenoxy) is 1. The van der Waals surface area contributed by atoms with Crippen LogP contribution in [0.2, 0.25) is 0 Å². The zero-order valence-electron chi connectivity index (χ0n) is 16.5. The number of benzene rings is 2. The molecule has 1 amide bonds. The summed E-state index contributed by atoms with van der Waals surface area (Å²) in [4.78, 5) is 14.5. The van der Waals surface area contributed by atoms with Crippen LogP contribution in [0.5, 0.6) is 0 Å². The maximum Gasteiger partial charge on any atom is 0.261 e. The molecule has 1 fully saturated rings. The molecule has 2 aromatic carbocycles. The maximum atomic E-state index is 13.8. The van der Waals surface area contributed by atoms with Crippen LogP contribution in [0.25, 0.3) is 0 Å². The van der Waals surface area contributed by atoms with Crippen molar-refractivity contribution in [2.75, 3.05) is 31.0 Å². The van der Waals surface area contributed by atoms with Crippen molar-refractivity contribution in [3.05, 3.63) is 59.4 Å². The van der Waals surface area contributed by atoms with Gasteiger partial charge in [0.05, 0.1) is 11.5 Å². The fourth-order valence-corrected chi connectivity index (χ4v) is 4.31. The van der Waals surface area contributed by atoms with Crippen LogP contribution in [0.15, 0.2) is 47.4 Å². The number of hydrogen-bond acceptors (Lipinski definition) is 4. The van der Waals surface area contributed by atoms with E-state index in [2.05, 4.69) is 4.72 Å². The lowest BCUT2D eigenvalue weighted by atomic mass is 10.1. The first kappa shape index (κ1) is 21.3. The van der Waals surface area contributed by atoms with Crippen LogP contribution in [-0.4, -0.2) is 45.5 Å². The molecule has 1 N–H and O–H groups in total. The van der Waals surface area contributed by atoms with Gasteiger partial charge in [0.2, 0.25) is 0 Å². The predicted octanol–water partition coefficient (Wildman–Crippen LogP) is 3.43. The Bertz CT molecular complexity index is 988. The smallest absolute Gasteiger partial charge is 0.261 e. The number of nitrogens with zero attached hydrogens (tertiary/aromatic N) is 1. The zero-order chi connectivity index (χ0) is 21.0. The Labute approximate surface area is 170 Å². The van der Waals surface area contributed by atoms with Gasteiger partial charge in [0, 0.05) is 36.9 Å². The van der Waals surface area contributed by atoms with Gasteiger partial charge in [-0.05, 0) is 56.2 Å². The van der Waals surface area contributed by atoms with Crippen molar-refractivity contribution in [1.29, 1.82) is 0 Å². The Morgan fingerprint density at radius 1 is 1.28 bits per heavy atom. The Morgan fingerprint density at radius 3 is 2.72 bits per heavy atom. The minimum atomic E-state index is -3.97. The number of anilines is 1. The van der Waals surface area contributed by atoms with Gasteiger partial charge in [-0.1, -0.05) is 12.1 Å². The number of nitrogens with one attached hydrogen (secondary N) is 1. The second kappa shape index (κ2) is 8.92. The van der Waals surface area contributed by atoms with E-state index < -0.39 is 15.8 Å². The summed E-state index contributed by atoms with van der Waals surface area (Å²) in [6.45, 7) is 5.99. The Hall–Kier alpha value is -2.45. The molecule has 0 spiro atoms. The molecule has 8 heteroatoms. The molecule has 1 saturated heterocycles. The van der Waals surface area contributed by atoms with Gasteiger partial charge in [0.1, 0.15) is 5.82 Å². The lowest BCUT2D eigenvalue weighted by molar-refractivity contribution is 0.0731. The average Bonchev–Trinajstić information content (AvgIpc) is 3.20. The van der Waals surface area contributed by atoms with Crippen molar-refractivity contribution in [2.24, 2.45) is 5.92 Å². The van der Waals surface area contributed by atoms with Gasteiger partial charge >= 0.3 is 0 Å². The molecule has 1 aliphatic heterocycles. The molecule has 2 aromatic rings. The summed E-state index contributed by atoms with van der Waals surface area (Å²) < 4.78 is 46.7. The van der Waals surface area contributed by atoms with E-state index >= 15 is 0 Å². The summed E-state index contributed by atoms with van der Waals surface area (Å²) in [6.07, 6.45) is 0.927. The number of carbonyl (C=O) groups excluding carboxylic acids is 1. The van der Waals surface area contributed by atoms with E-state index in [1.165, 1.54) is 18.2 Å². The third kappa shape index (κ3) is 5.13. The third-order valence-electron chi connectivity index (χ3n) is 4.99. The first-order valence-corrected chi connectivity index (χ1v) is 11.0. The van der Waals surface area contributed by atoms with Crippen LogP contribution in [0.4, 0.5) is 10.1 Å². The minimum Gasteiger partial charge on any atom is -0.381 e. The molecule has 1 unspecified atom stereocenters. The number of halogens is 1. The van der Waals surface area contributed by atoms with Gasteiger partial charge < -0.3 is 9.64 Å². The van der Waals surface area contributed by atoms with Crippen LogP contribution >= 0.6 is 0 Å². The molecule has 0 bridgehead atoms. The molecule has 0 aliphatic carbocycles. The molecule has 1 aliphatic rings. The van der Waals surface area contributed by atoms with Crippen LogP contribution < -0.4 is 4.72 Å². The second-order valence-electron chi connectivity index (χ2n) is 7.17. The molecule has 29 heavy (non-hydrogen) atoms. The van der Waals surface area contributed by atoms with Gasteiger partial charge in [-0.3, -0.25) is 9.52 Å². The first-order valence-electron chi connectivity index (χ1n) is 9.56. The fourth-order valence-electron chi connectivity index (χ4n) is 3.25. The number of aryl methyl sites for hydroxylation is 1. The second-order valence-corrected chi connectivity index (χ2v) is 8.85. The highest BCUT2D eigenvalue weighted by Gasteiger charge is 2.23. The summed E-state index contributed by atoms with van der Waals surface area (Å²) in [5.41, 5.74) is 1.00. The summed E-state index contributed by atoms with van der Waals surface area (Å²) in [5, 5.41) is 0. The molecule has 0 radical (unpaired) electrons. The molecule has 1 heterocycles. The van der Waals surface area contributed by atoms with E-state index in [9.17, 15) is 17.6 Å². The molecule has 0 aromatic heterocycles. The summed E-state index contributed by atoms with van der Waals surface area (Å²) in [6, 6.07) is 10.1. The Morgan fingerprint density at radius 2 is 2.07 bits per heavy atom. The summed E-state index contributed by atoms with van der Waals surface area (Å²) >= 11 is 0. The maximum absolute atomic E-state index is 13.8. The number of hydrogen-bond donors (Lipinski definition) is 1. The monoisotopic (exact) mass is 420 g/mol. The third-order valence-corrected chi connectivity index (χ3v) is 6.37. The van der Waals surface area contributed by atoms with Crippen LogP contribution in [0.3, 0.4) is 0 Å². The van der Waals surface area contributed by atoms with Gasteiger partial charge in [-0.2, -0.15) is 0 Å². The lowest BCUT2D eigenvalue weighted by Crippen LogP contribution is -2.35. The number of rotatable bonds is 7. The first-order chi connectivity index (χ1) is 13.8. The van der Waals surface area contributed by atoms with Crippen molar-refractivity contribution < 1.29 is 22.3 Å². The van der Waals surface area contributed by atoms with Crippen molar-refractivity contribution in [2.45, 2.75) is 25.2 Å². The van der Waals surface area contributed by atoms with Crippen molar-refractivity contribution >= 4 is 21.6 Å². The van der Waals surface area contributed by atoms with Crippen molar-refractivity contribution in [3.8, 4) is 0 Å². The number of carbonyl (C=O) groups is 1. The topological polar surface area (TPSA) is 75.7 Å². The van der Waals surface area contributed by atoms with E-state index in [-0.39, 0.29) is 16.5 Å². The Kier molecular flexibility index (Phi) is 6.54. The highest BCUT2D eigenvalue weighted by molar-refractivity contribution is 7.92. The molecular formula is C21H25FN2O4S. The highest BCUT2D eigenvalue weighted by atomic mass is 32.2. The fraction of sp³-hybridized carbons (Fsp3) is 0.381. The predicted molar refractivity (Wildman–Crippen MR) is 109 cm³/mol. The van der Waals surface area contributed by atoms with E-state index in [1.807, 2.05) is 6.92 Å². The molecular weight excluding hydrogens is 395 g/mol. The van der Waals surface area contributed by atoms with Gasteiger partial charge in [0.25, 0.3) is 15.9 Å². The van der Waals surface area contributed by atoms with E-state index in [4.69, 9.17) is 4.74 Å². The van der Waals surface area contributed by atoms with Crippen LogP contribution in [0, 0.1) is 18.7 Å². The average molecular weight is 421 g/mol. The van der Waals surface area contributed by atoms with Crippen LogP contribution in [0.1, 0.15) is 29.3 Å².